The number of likely N-dealkylation sites (tertiary alicyclic amines) is 1. The van der Waals surface area contributed by atoms with Crippen molar-refractivity contribution in [2.45, 2.75) is 32.1 Å². The summed E-state index contributed by atoms with van der Waals surface area (Å²) in [6, 6.07) is 8.02. The van der Waals surface area contributed by atoms with Gasteiger partial charge in [0.2, 0.25) is 5.91 Å². The molecule has 1 heterocycles. The Hall–Kier alpha value is -1.09. The van der Waals surface area contributed by atoms with Crippen molar-refractivity contribution in [1.29, 1.82) is 0 Å². The molecule has 1 saturated carbocycles. The van der Waals surface area contributed by atoms with E-state index < -0.39 is 0 Å². The zero-order valence-electron chi connectivity index (χ0n) is 11.0. The molecule has 3 rings (SSSR count). The van der Waals surface area contributed by atoms with E-state index in [9.17, 15) is 4.79 Å². The SMILES string of the molecule is O=C(Cc1ccc(Br)cc1)N1CCC(=C2CC2)CC1. The molecule has 1 aliphatic carbocycles. The van der Waals surface area contributed by atoms with Gasteiger partial charge in [0.05, 0.1) is 6.42 Å². The number of nitrogens with zero attached hydrogens (tertiary/aromatic N) is 1. The maximum absolute atomic E-state index is 12.2. The monoisotopic (exact) mass is 319 g/mol. The lowest BCUT2D eigenvalue weighted by molar-refractivity contribution is -0.130. The Kier molecular flexibility index (Phi) is 3.74. The second-order valence-corrected chi connectivity index (χ2v) is 6.31. The van der Waals surface area contributed by atoms with Crippen molar-refractivity contribution in [3.8, 4) is 0 Å². The average Bonchev–Trinajstić information content (AvgIpc) is 3.26. The fraction of sp³-hybridized carbons (Fsp3) is 0.438. The highest BCUT2D eigenvalue weighted by Crippen LogP contribution is 2.36. The van der Waals surface area contributed by atoms with Crippen molar-refractivity contribution in [3.05, 3.63) is 45.4 Å². The Morgan fingerprint density at radius 2 is 1.58 bits per heavy atom. The standard InChI is InChI=1S/C16H18BrNO/c17-15-5-1-12(2-6-15)11-16(19)18-9-7-14(8-10-18)13-3-4-13/h1-2,5-6H,3-4,7-11H2. The summed E-state index contributed by atoms with van der Waals surface area (Å²) in [5.74, 6) is 0.266. The van der Waals surface area contributed by atoms with Crippen LogP contribution in [-0.4, -0.2) is 23.9 Å². The first-order valence-corrected chi connectivity index (χ1v) is 7.73. The number of carbonyl (C=O) groups is 1. The van der Waals surface area contributed by atoms with Gasteiger partial charge < -0.3 is 4.90 Å². The van der Waals surface area contributed by atoms with Crippen molar-refractivity contribution < 1.29 is 4.79 Å². The molecule has 0 unspecified atom stereocenters. The van der Waals surface area contributed by atoms with E-state index in [0.29, 0.717) is 6.42 Å². The first kappa shape index (κ1) is 12.9. The highest BCUT2D eigenvalue weighted by molar-refractivity contribution is 9.10. The number of halogens is 1. The number of carbonyl (C=O) groups excluding carboxylic acids is 1. The van der Waals surface area contributed by atoms with Crippen molar-refractivity contribution in [3.63, 3.8) is 0 Å². The van der Waals surface area contributed by atoms with Gasteiger partial charge in [-0.1, -0.05) is 39.2 Å². The molecule has 0 spiro atoms. The lowest BCUT2D eigenvalue weighted by atomic mass is 10.0. The summed E-state index contributed by atoms with van der Waals surface area (Å²) in [6.07, 6.45) is 5.34. The third-order valence-electron chi connectivity index (χ3n) is 3.99. The highest BCUT2D eigenvalue weighted by atomic mass is 79.9. The molecule has 2 aliphatic rings. The molecule has 0 atom stereocenters. The Bertz CT molecular complexity index is 502. The fourth-order valence-corrected chi connectivity index (χ4v) is 2.95. The van der Waals surface area contributed by atoms with Crippen LogP contribution in [0, 0.1) is 0 Å². The van der Waals surface area contributed by atoms with E-state index in [1.807, 2.05) is 29.2 Å². The van der Waals surface area contributed by atoms with Gasteiger partial charge in [-0.05, 0) is 43.4 Å². The number of rotatable bonds is 2. The molecule has 0 N–H and O–H groups in total. The van der Waals surface area contributed by atoms with Crippen LogP contribution in [0.2, 0.25) is 0 Å². The Morgan fingerprint density at radius 1 is 1.00 bits per heavy atom. The van der Waals surface area contributed by atoms with Gasteiger partial charge in [-0.3, -0.25) is 4.79 Å². The largest absolute Gasteiger partial charge is 0.342 e. The summed E-state index contributed by atoms with van der Waals surface area (Å²) in [4.78, 5) is 14.3. The van der Waals surface area contributed by atoms with Crippen LogP contribution < -0.4 is 0 Å². The molecule has 1 aromatic rings. The van der Waals surface area contributed by atoms with Gasteiger partial charge in [-0.15, -0.1) is 0 Å². The molecule has 0 radical (unpaired) electrons. The molecule has 3 heteroatoms. The first-order chi connectivity index (χ1) is 9.22. The van der Waals surface area contributed by atoms with E-state index in [2.05, 4.69) is 15.9 Å². The van der Waals surface area contributed by atoms with Crippen LogP contribution in [0.1, 0.15) is 31.2 Å². The number of allylic oxidation sites excluding steroid dienone is 1. The van der Waals surface area contributed by atoms with Crippen molar-refractivity contribution in [1.82, 2.24) is 4.90 Å². The fourth-order valence-electron chi connectivity index (χ4n) is 2.68. The predicted molar refractivity (Wildman–Crippen MR) is 79.9 cm³/mol. The molecule has 100 valence electrons. The second-order valence-electron chi connectivity index (χ2n) is 5.39. The zero-order valence-corrected chi connectivity index (χ0v) is 12.6. The quantitative estimate of drug-likeness (QED) is 0.761. The Balaban J connectivity index is 1.56. The van der Waals surface area contributed by atoms with Crippen LogP contribution in [0.3, 0.4) is 0 Å². The minimum Gasteiger partial charge on any atom is -0.342 e. The van der Waals surface area contributed by atoms with E-state index in [4.69, 9.17) is 0 Å². The maximum atomic E-state index is 12.2. The molecular formula is C16H18BrNO. The molecule has 1 amide bonds. The van der Waals surface area contributed by atoms with E-state index in [0.717, 1.165) is 36.0 Å². The molecule has 1 aromatic carbocycles. The van der Waals surface area contributed by atoms with Gasteiger partial charge in [0.25, 0.3) is 0 Å². The lowest BCUT2D eigenvalue weighted by Gasteiger charge is -2.28. The molecule has 2 fully saturated rings. The maximum Gasteiger partial charge on any atom is 0.227 e. The molecule has 0 bridgehead atoms. The summed E-state index contributed by atoms with van der Waals surface area (Å²) >= 11 is 3.41. The summed E-state index contributed by atoms with van der Waals surface area (Å²) in [6.45, 7) is 1.82. The molecular weight excluding hydrogens is 302 g/mol. The van der Waals surface area contributed by atoms with Crippen molar-refractivity contribution in [2.24, 2.45) is 0 Å². The van der Waals surface area contributed by atoms with E-state index in [1.165, 1.54) is 12.8 Å². The molecule has 19 heavy (non-hydrogen) atoms. The van der Waals surface area contributed by atoms with Crippen LogP contribution in [0.15, 0.2) is 39.9 Å². The Morgan fingerprint density at radius 3 is 2.16 bits per heavy atom. The van der Waals surface area contributed by atoms with Crippen molar-refractivity contribution >= 4 is 21.8 Å². The minimum absolute atomic E-state index is 0.266. The van der Waals surface area contributed by atoms with Gasteiger partial charge in [0.15, 0.2) is 0 Å². The van der Waals surface area contributed by atoms with Crippen LogP contribution in [0.25, 0.3) is 0 Å². The average molecular weight is 320 g/mol. The number of hydrogen-bond donors (Lipinski definition) is 0. The zero-order chi connectivity index (χ0) is 13.2. The van der Waals surface area contributed by atoms with Crippen LogP contribution in [-0.2, 0) is 11.2 Å². The number of hydrogen-bond acceptors (Lipinski definition) is 1. The number of piperidine rings is 1. The van der Waals surface area contributed by atoms with Crippen LogP contribution >= 0.6 is 15.9 Å². The smallest absolute Gasteiger partial charge is 0.227 e. The highest BCUT2D eigenvalue weighted by Gasteiger charge is 2.24. The molecule has 1 aliphatic heterocycles. The van der Waals surface area contributed by atoms with Gasteiger partial charge in [0, 0.05) is 17.6 Å². The normalized spacial score (nSPS) is 18.7. The summed E-state index contributed by atoms with van der Waals surface area (Å²) in [5.41, 5.74) is 4.40. The van der Waals surface area contributed by atoms with Gasteiger partial charge in [-0.2, -0.15) is 0 Å². The number of amides is 1. The topological polar surface area (TPSA) is 20.3 Å². The third kappa shape index (κ3) is 3.27. The summed E-state index contributed by atoms with van der Waals surface area (Å²) < 4.78 is 1.06. The molecule has 1 saturated heterocycles. The van der Waals surface area contributed by atoms with Crippen molar-refractivity contribution in [2.75, 3.05) is 13.1 Å². The van der Waals surface area contributed by atoms with Gasteiger partial charge >= 0.3 is 0 Å². The number of benzene rings is 1. The Labute approximate surface area is 122 Å². The van der Waals surface area contributed by atoms with Crippen LogP contribution in [0.5, 0.6) is 0 Å². The predicted octanol–water partition coefficient (Wildman–Crippen LogP) is 3.70. The van der Waals surface area contributed by atoms with Gasteiger partial charge in [0.1, 0.15) is 0 Å². The van der Waals surface area contributed by atoms with E-state index >= 15 is 0 Å². The van der Waals surface area contributed by atoms with Crippen LogP contribution in [0.4, 0.5) is 0 Å². The lowest BCUT2D eigenvalue weighted by Crippen LogP contribution is -2.37. The van der Waals surface area contributed by atoms with Gasteiger partial charge in [-0.25, -0.2) is 0 Å². The third-order valence-corrected chi connectivity index (χ3v) is 4.52. The second kappa shape index (κ2) is 5.49. The summed E-state index contributed by atoms with van der Waals surface area (Å²) in [7, 11) is 0. The molecule has 2 nitrogen and oxygen atoms in total. The first-order valence-electron chi connectivity index (χ1n) is 6.94. The van der Waals surface area contributed by atoms with E-state index in [-0.39, 0.29) is 5.91 Å². The minimum atomic E-state index is 0.266. The van der Waals surface area contributed by atoms with E-state index in [1.54, 1.807) is 11.1 Å². The molecule has 0 aromatic heterocycles. The summed E-state index contributed by atoms with van der Waals surface area (Å²) in [5, 5.41) is 0.